The first-order chi connectivity index (χ1) is 7.08. The molecule has 0 aliphatic rings. The van der Waals surface area contributed by atoms with E-state index >= 15 is 0 Å². The van der Waals surface area contributed by atoms with Gasteiger partial charge in [0.05, 0.1) is 12.3 Å². The van der Waals surface area contributed by atoms with Crippen molar-refractivity contribution >= 4 is 0 Å². The zero-order valence-corrected chi connectivity index (χ0v) is 9.69. The third-order valence-electron chi connectivity index (χ3n) is 2.20. The van der Waals surface area contributed by atoms with Crippen LogP contribution in [0.2, 0.25) is 0 Å². The lowest BCUT2D eigenvalue weighted by atomic mass is 10.1. The van der Waals surface area contributed by atoms with E-state index in [1.165, 1.54) is 0 Å². The quantitative estimate of drug-likeness (QED) is 0.820. The molecule has 1 aromatic heterocycles. The van der Waals surface area contributed by atoms with Gasteiger partial charge in [0, 0.05) is 12.8 Å². The van der Waals surface area contributed by atoms with Gasteiger partial charge in [-0.05, 0) is 18.9 Å². The maximum absolute atomic E-state index is 9.05. The minimum Gasteiger partial charge on any atom is -0.390 e. The summed E-state index contributed by atoms with van der Waals surface area (Å²) in [6, 6.07) is 1.77. The van der Waals surface area contributed by atoms with Crippen LogP contribution in [0, 0.1) is 12.8 Å². The molecule has 15 heavy (non-hydrogen) atoms. The van der Waals surface area contributed by atoms with Crippen LogP contribution in [-0.4, -0.2) is 22.2 Å². The second-order valence-corrected chi connectivity index (χ2v) is 3.92. The number of ether oxygens (including phenoxy) is 1. The van der Waals surface area contributed by atoms with Crippen LogP contribution in [0.1, 0.15) is 37.2 Å². The molecule has 0 aromatic carbocycles. The van der Waals surface area contributed by atoms with Crippen molar-refractivity contribution in [3.8, 4) is 0 Å². The molecule has 0 spiro atoms. The monoisotopic (exact) mass is 210 g/mol. The van der Waals surface area contributed by atoms with Crippen molar-refractivity contribution in [1.29, 1.82) is 0 Å². The second-order valence-electron chi connectivity index (χ2n) is 3.92. The number of nitrogens with zero attached hydrogens (tertiary/aromatic N) is 2. The number of aliphatic hydroxyl groups is 1. The molecule has 0 aliphatic heterocycles. The molecule has 0 saturated heterocycles. The van der Waals surface area contributed by atoms with Crippen LogP contribution in [-0.2, 0) is 11.3 Å². The number of aryl methyl sites for hydroxylation is 1. The van der Waals surface area contributed by atoms with Crippen molar-refractivity contribution in [2.75, 3.05) is 7.11 Å². The molecular formula is C11H18N2O2. The minimum atomic E-state index is -0.116. The number of hydrogen-bond donors (Lipinski definition) is 1. The fourth-order valence-electron chi connectivity index (χ4n) is 1.54. The van der Waals surface area contributed by atoms with Gasteiger partial charge in [-0.15, -0.1) is 0 Å². The van der Waals surface area contributed by atoms with E-state index in [-0.39, 0.29) is 12.7 Å². The fraction of sp³-hybridized carbons (Fsp3) is 0.636. The van der Waals surface area contributed by atoms with Gasteiger partial charge < -0.3 is 9.84 Å². The number of rotatable bonds is 4. The Kier molecular flexibility index (Phi) is 4.17. The van der Waals surface area contributed by atoms with E-state index in [4.69, 9.17) is 9.84 Å². The first kappa shape index (κ1) is 12.1. The van der Waals surface area contributed by atoms with Crippen LogP contribution in [0.4, 0.5) is 0 Å². The molecule has 0 bridgehead atoms. The van der Waals surface area contributed by atoms with Crippen LogP contribution in [0.25, 0.3) is 0 Å². The maximum atomic E-state index is 9.05. The normalized spacial score (nSPS) is 13.2. The standard InChI is InChI=1S/C11H18N2O2/c1-7(2)10(15-4)11-12-8(3)5-9(6-14)13-11/h5,7,10,14H,6H2,1-4H3. The molecule has 0 radical (unpaired) electrons. The molecule has 1 heterocycles. The lowest BCUT2D eigenvalue weighted by Crippen LogP contribution is -2.14. The molecule has 1 N–H and O–H groups in total. The van der Waals surface area contributed by atoms with Gasteiger partial charge in [0.1, 0.15) is 6.10 Å². The molecule has 1 unspecified atom stereocenters. The number of methoxy groups -OCH3 is 1. The summed E-state index contributed by atoms with van der Waals surface area (Å²) in [6.07, 6.45) is -0.116. The van der Waals surface area contributed by atoms with E-state index in [1.54, 1.807) is 13.2 Å². The van der Waals surface area contributed by atoms with Crippen LogP contribution < -0.4 is 0 Å². The Balaban J connectivity index is 3.06. The Morgan fingerprint density at radius 1 is 1.40 bits per heavy atom. The molecule has 1 atom stereocenters. The summed E-state index contributed by atoms with van der Waals surface area (Å²) in [5, 5.41) is 9.05. The molecule has 4 heteroatoms. The van der Waals surface area contributed by atoms with Crippen molar-refractivity contribution < 1.29 is 9.84 Å². The van der Waals surface area contributed by atoms with Gasteiger partial charge in [0.2, 0.25) is 0 Å². The molecule has 0 aliphatic carbocycles. The Morgan fingerprint density at radius 2 is 2.07 bits per heavy atom. The molecular weight excluding hydrogens is 192 g/mol. The van der Waals surface area contributed by atoms with Gasteiger partial charge in [-0.3, -0.25) is 0 Å². The van der Waals surface area contributed by atoms with Crippen molar-refractivity contribution in [2.24, 2.45) is 5.92 Å². The molecule has 0 amide bonds. The lowest BCUT2D eigenvalue weighted by molar-refractivity contribution is 0.0569. The highest BCUT2D eigenvalue weighted by atomic mass is 16.5. The van der Waals surface area contributed by atoms with Crippen LogP contribution in [0.3, 0.4) is 0 Å². The van der Waals surface area contributed by atoms with Gasteiger partial charge >= 0.3 is 0 Å². The summed E-state index contributed by atoms with van der Waals surface area (Å²) in [5.74, 6) is 0.958. The van der Waals surface area contributed by atoms with Crippen molar-refractivity contribution in [1.82, 2.24) is 9.97 Å². The lowest BCUT2D eigenvalue weighted by Gasteiger charge is -2.18. The molecule has 1 aromatic rings. The van der Waals surface area contributed by atoms with Crippen molar-refractivity contribution in [3.05, 3.63) is 23.3 Å². The third-order valence-corrected chi connectivity index (χ3v) is 2.20. The Labute approximate surface area is 90.3 Å². The maximum Gasteiger partial charge on any atom is 0.157 e. The SMILES string of the molecule is COC(c1nc(C)cc(CO)n1)C(C)C. The Bertz CT molecular complexity index is 326. The van der Waals surface area contributed by atoms with E-state index in [0.29, 0.717) is 17.4 Å². The molecule has 0 saturated carbocycles. The van der Waals surface area contributed by atoms with Crippen LogP contribution in [0.15, 0.2) is 6.07 Å². The summed E-state index contributed by atoms with van der Waals surface area (Å²) < 4.78 is 5.35. The van der Waals surface area contributed by atoms with Crippen LogP contribution in [0.5, 0.6) is 0 Å². The highest BCUT2D eigenvalue weighted by Crippen LogP contribution is 2.22. The zero-order valence-electron chi connectivity index (χ0n) is 9.69. The van der Waals surface area contributed by atoms with E-state index in [1.807, 2.05) is 6.92 Å². The summed E-state index contributed by atoms with van der Waals surface area (Å²) in [5.41, 5.74) is 1.49. The second kappa shape index (κ2) is 5.19. The first-order valence-corrected chi connectivity index (χ1v) is 5.06. The molecule has 0 fully saturated rings. The predicted molar refractivity (Wildman–Crippen MR) is 57.3 cm³/mol. The highest BCUT2D eigenvalue weighted by molar-refractivity contribution is 5.10. The largest absolute Gasteiger partial charge is 0.390 e. The Morgan fingerprint density at radius 3 is 2.53 bits per heavy atom. The molecule has 1 rings (SSSR count). The van der Waals surface area contributed by atoms with Crippen molar-refractivity contribution in [2.45, 2.75) is 33.5 Å². The van der Waals surface area contributed by atoms with Crippen molar-refractivity contribution in [3.63, 3.8) is 0 Å². The zero-order chi connectivity index (χ0) is 11.4. The van der Waals surface area contributed by atoms with E-state index in [0.717, 1.165) is 5.69 Å². The topological polar surface area (TPSA) is 55.2 Å². The Hall–Kier alpha value is -1.00. The van der Waals surface area contributed by atoms with E-state index < -0.39 is 0 Å². The van der Waals surface area contributed by atoms with Gasteiger partial charge in [-0.1, -0.05) is 13.8 Å². The predicted octanol–water partition coefficient (Wildman–Crippen LogP) is 1.62. The van der Waals surface area contributed by atoms with Gasteiger partial charge in [0.15, 0.2) is 5.82 Å². The number of aromatic nitrogens is 2. The van der Waals surface area contributed by atoms with Crippen LogP contribution >= 0.6 is 0 Å². The summed E-state index contributed by atoms with van der Waals surface area (Å²) >= 11 is 0. The number of hydrogen-bond acceptors (Lipinski definition) is 4. The number of aliphatic hydroxyl groups excluding tert-OH is 1. The molecule has 84 valence electrons. The smallest absolute Gasteiger partial charge is 0.157 e. The average Bonchev–Trinajstić information content (AvgIpc) is 2.17. The summed E-state index contributed by atoms with van der Waals surface area (Å²) in [6.45, 7) is 5.93. The minimum absolute atomic E-state index is 0.0646. The fourth-order valence-corrected chi connectivity index (χ4v) is 1.54. The first-order valence-electron chi connectivity index (χ1n) is 5.06. The summed E-state index contributed by atoms with van der Waals surface area (Å²) in [4.78, 5) is 8.59. The van der Waals surface area contributed by atoms with Gasteiger partial charge in [0.25, 0.3) is 0 Å². The highest BCUT2D eigenvalue weighted by Gasteiger charge is 2.18. The van der Waals surface area contributed by atoms with Gasteiger partial charge in [-0.2, -0.15) is 0 Å². The van der Waals surface area contributed by atoms with Gasteiger partial charge in [-0.25, -0.2) is 9.97 Å². The molecule has 4 nitrogen and oxygen atoms in total. The van der Waals surface area contributed by atoms with E-state index in [2.05, 4.69) is 23.8 Å². The summed E-state index contributed by atoms with van der Waals surface area (Å²) in [7, 11) is 1.65. The van der Waals surface area contributed by atoms with E-state index in [9.17, 15) is 0 Å². The third kappa shape index (κ3) is 2.97. The average molecular weight is 210 g/mol.